The van der Waals surface area contributed by atoms with Gasteiger partial charge in [0, 0.05) is 5.92 Å². The number of aliphatic hydroxyl groups is 1. The van der Waals surface area contributed by atoms with Gasteiger partial charge in [-0.05, 0) is 55.4 Å². The van der Waals surface area contributed by atoms with E-state index in [1.54, 1.807) is 0 Å². The van der Waals surface area contributed by atoms with E-state index >= 15 is 0 Å². The number of hydrogen-bond acceptors (Lipinski definition) is 9. The summed E-state index contributed by atoms with van der Waals surface area (Å²) in [5.41, 5.74) is 4.30. The van der Waals surface area contributed by atoms with Gasteiger partial charge < -0.3 is 35.3 Å². The van der Waals surface area contributed by atoms with Crippen LogP contribution in [0.1, 0.15) is 50.2 Å². The van der Waals surface area contributed by atoms with Gasteiger partial charge in [-0.15, -0.1) is 0 Å². The first-order valence-corrected chi connectivity index (χ1v) is 13.6. The van der Waals surface area contributed by atoms with Crippen molar-refractivity contribution in [3.63, 3.8) is 0 Å². The van der Waals surface area contributed by atoms with Gasteiger partial charge in [0.05, 0.1) is 14.2 Å². The van der Waals surface area contributed by atoms with E-state index in [1.807, 2.05) is 48.5 Å². The molecular weight excluding hydrogens is 546 g/mol. The Morgan fingerprint density at radius 2 is 1.29 bits per heavy atom. The lowest BCUT2D eigenvalue weighted by molar-refractivity contribution is -0.150. The highest BCUT2D eigenvalue weighted by atomic mass is 16.6. The minimum atomic E-state index is -1.35. The maximum Gasteiger partial charge on any atom is 0.407 e. The molecule has 1 aliphatic carbocycles. The van der Waals surface area contributed by atoms with Crippen LogP contribution in [0.3, 0.4) is 0 Å². The molecule has 4 atom stereocenters. The molecule has 4 N–H and O–H groups in total. The maximum atomic E-state index is 12.7. The van der Waals surface area contributed by atoms with Gasteiger partial charge in [-0.2, -0.15) is 0 Å². The number of ether oxygens (including phenoxy) is 3. The van der Waals surface area contributed by atoms with Crippen LogP contribution in [0.5, 0.6) is 0 Å². The Labute approximate surface area is 244 Å². The Balaban J connectivity index is 1.48. The summed E-state index contributed by atoms with van der Waals surface area (Å²) in [7, 11) is 2.31. The number of alkyl carbamates (subject to hydrolysis) is 1. The molecule has 12 heteroatoms. The quantitative estimate of drug-likeness (QED) is 0.203. The van der Waals surface area contributed by atoms with Crippen molar-refractivity contribution in [1.29, 1.82) is 0 Å². The Kier molecular flexibility index (Phi) is 11.4. The first-order valence-electron chi connectivity index (χ1n) is 13.6. The summed E-state index contributed by atoms with van der Waals surface area (Å²) in [5.74, 6) is -2.96. The zero-order chi connectivity index (χ0) is 30.8. The van der Waals surface area contributed by atoms with Crippen molar-refractivity contribution in [3.05, 3.63) is 59.7 Å². The number of amides is 3. The lowest BCUT2D eigenvalue weighted by atomic mass is 9.98. The summed E-state index contributed by atoms with van der Waals surface area (Å²) in [6.07, 6.45) is -1.84. The van der Waals surface area contributed by atoms with Crippen molar-refractivity contribution in [3.8, 4) is 11.1 Å². The Bertz CT molecular complexity index is 1250. The van der Waals surface area contributed by atoms with Crippen LogP contribution in [-0.2, 0) is 33.4 Å². The second-order valence-corrected chi connectivity index (χ2v) is 9.98. The van der Waals surface area contributed by atoms with Crippen molar-refractivity contribution < 1.29 is 43.3 Å². The summed E-state index contributed by atoms with van der Waals surface area (Å²) in [6, 6.07) is 12.7. The van der Waals surface area contributed by atoms with Crippen molar-refractivity contribution in [1.82, 2.24) is 16.0 Å². The van der Waals surface area contributed by atoms with Gasteiger partial charge in [0.15, 0.2) is 6.10 Å². The van der Waals surface area contributed by atoms with Crippen LogP contribution in [0.25, 0.3) is 11.1 Å². The molecule has 226 valence electrons. The SMILES string of the molecule is COC(=O)C(O)CCC[C@H](NC(=O)[C@H](C)NC(=O)[C@H](C)NC(=O)OCC1c2ccccc2-c2ccccc21)C(=O)OC. The molecule has 42 heavy (non-hydrogen) atoms. The number of nitrogens with one attached hydrogen (secondary N) is 3. The highest BCUT2D eigenvalue weighted by molar-refractivity contribution is 5.92. The average molecular weight is 584 g/mol. The van der Waals surface area contributed by atoms with Gasteiger partial charge >= 0.3 is 18.0 Å². The Hall–Kier alpha value is -4.45. The normalized spacial score (nSPS) is 14.7. The molecule has 0 saturated carbocycles. The van der Waals surface area contributed by atoms with E-state index in [-0.39, 0.29) is 31.8 Å². The van der Waals surface area contributed by atoms with E-state index in [4.69, 9.17) is 9.47 Å². The lowest BCUT2D eigenvalue weighted by Crippen LogP contribution is -2.54. The second kappa shape index (κ2) is 15.0. The summed E-state index contributed by atoms with van der Waals surface area (Å²) in [5, 5.41) is 17.2. The van der Waals surface area contributed by atoms with E-state index in [0.29, 0.717) is 0 Å². The number of aliphatic hydroxyl groups excluding tert-OH is 1. The Morgan fingerprint density at radius 3 is 1.86 bits per heavy atom. The van der Waals surface area contributed by atoms with Crippen molar-refractivity contribution in [2.75, 3.05) is 20.8 Å². The number of fused-ring (bicyclic) bond motifs is 3. The number of carbonyl (C=O) groups excluding carboxylic acids is 5. The number of methoxy groups -OCH3 is 2. The molecule has 2 aromatic rings. The summed E-state index contributed by atoms with van der Waals surface area (Å²) >= 11 is 0. The zero-order valence-electron chi connectivity index (χ0n) is 24.0. The fraction of sp³-hybridized carbons (Fsp3) is 0.433. The first kappa shape index (κ1) is 32.1. The fourth-order valence-electron chi connectivity index (χ4n) is 4.74. The number of esters is 2. The van der Waals surface area contributed by atoms with Crippen LogP contribution in [0.2, 0.25) is 0 Å². The average Bonchev–Trinajstić information content (AvgIpc) is 3.31. The van der Waals surface area contributed by atoms with Crippen LogP contribution >= 0.6 is 0 Å². The van der Waals surface area contributed by atoms with Crippen LogP contribution < -0.4 is 16.0 Å². The van der Waals surface area contributed by atoms with E-state index < -0.39 is 54.1 Å². The third-order valence-electron chi connectivity index (χ3n) is 7.07. The number of rotatable bonds is 13. The molecule has 0 radical (unpaired) electrons. The molecule has 2 aromatic carbocycles. The number of benzene rings is 2. The van der Waals surface area contributed by atoms with Crippen molar-refractivity contribution in [2.45, 2.75) is 63.3 Å². The third kappa shape index (κ3) is 8.06. The van der Waals surface area contributed by atoms with Crippen molar-refractivity contribution in [2.24, 2.45) is 0 Å². The van der Waals surface area contributed by atoms with Crippen LogP contribution in [0.15, 0.2) is 48.5 Å². The van der Waals surface area contributed by atoms with Crippen LogP contribution in [0, 0.1) is 0 Å². The zero-order valence-corrected chi connectivity index (χ0v) is 24.0. The molecule has 1 aliphatic rings. The highest BCUT2D eigenvalue weighted by Crippen LogP contribution is 2.44. The molecule has 0 saturated heterocycles. The van der Waals surface area contributed by atoms with Gasteiger partial charge in [0.2, 0.25) is 11.8 Å². The van der Waals surface area contributed by atoms with Crippen LogP contribution in [0.4, 0.5) is 4.79 Å². The van der Waals surface area contributed by atoms with Gasteiger partial charge in [-0.3, -0.25) is 9.59 Å². The van der Waals surface area contributed by atoms with E-state index in [1.165, 1.54) is 13.8 Å². The van der Waals surface area contributed by atoms with E-state index in [0.717, 1.165) is 36.5 Å². The van der Waals surface area contributed by atoms with Gasteiger partial charge in [0.25, 0.3) is 0 Å². The van der Waals surface area contributed by atoms with E-state index in [2.05, 4.69) is 20.7 Å². The number of carbonyl (C=O) groups is 5. The topological polar surface area (TPSA) is 169 Å². The number of hydrogen-bond donors (Lipinski definition) is 4. The molecule has 0 fully saturated rings. The molecule has 3 rings (SSSR count). The molecule has 3 amide bonds. The summed E-state index contributed by atoms with van der Waals surface area (Å²) < 4.78 is 14.6. The summed E-state index contributed by atoms with van der Waals surface area (Å²) in [6.45, 7) is 2.95. The smallest absolute Gasteiger partial charge is 0.407 e. The first-order chi connectivity index (χ1) is 20.1. The van der Waals surface area contributed by atoms with Gasteiger partial charge in [-0.1, -0.05) is 48.5 Å². The fourth-order valence-corrected chi connectivity index (χ4v) is 4.74. The predicted octanol–water partition coefficient (Wildman–Crippen LogP) is 1.78. The Morgan fingerprint density at radius 1 is 0.762 bits per heavy atom. The molecule has 0 spiro atoms. The van der Waals surface area contributed by atoms with Crippen molar-refractivity contribution >= 4 is 29.8 Å². The molecule has 0 aliphatic heterocycles. The molecule has 1 unspecified atom stereocenters. The van der Waals surface area contributed by atoms with Gasteiger partial charge in [-0.25, -0.2) is 14.4 Å². The largest absolute Gasteiger partial charge is 0.467 e. The lowest BCUT2D eigenvalue weighted by Gasteiger charge is -2.22. The second-order valence-electron chi connectivity index (χ2n) is 9.98. The standard InChI is InChI=1S/C30H37N3O9/c1-17(27(36)33-24(28(37)40-3)14-9-15-25(34)29(38)41-4)31-26(35)18(2)32-30(39)42-16-23-21-12-7-5-10-19(21)20-11-6-8-13-22(20)23/h5-8,10-13,17-18,23-25,34H,9,14-16H2,1-4H3,(H,31,35)(H,32,39)(H,33,36)/t17-,18-,24-,25?/m0/s1. The summed E-state index contributed by atoms with van der Waals surface area (Å²) in [4.78, 5) is 61.4. The highest BCUT2D eigenvalue weighted by Gasteiger charge is 2.30. The molecule has 12 nitrogen and oxygen atoms in total. The minimum Gasteiger partial charge on any atom is -0.467 e. The van der Waals surface area contributed by atoms with E-state index in [9.17, 15) is 29.1 Å². The van der Waals surface area contributed by atoms with Crippen LogP contribution in [-0.4, -0.2) is 80.0 Å². The molecule has 0 bridgehead atoms. The third-order valence-corrected chi connectivity index (χ3v) is 7.07. The van der Waals surface area contributed by atoms with Gasteiger partial charge in [0.1, 0.15) is 24.7 Å². The minimum absolute atomic E-state index is 0.0153. The monoisotopic (exact) mass is 583 g/mol. The predicted molar refractivity (Wildman–Crippen MR) is 151 cm³/mol. The maximum absolute atomic E-state index is 12.7. The molecule has 0 heterocycles. The molecule has 0 aromatic heterocycles. The molecular formula is C30H37N3O9.